The van der Waals surface area contributed by atoms with Crippen LogP contribution in [0, 0.1) is 13.8 Å². The van der Waals surface area contributed by atoms with Crippen molar-refractivity contribution < 1.29 is 4.79 Å². The molecule has 1 heterocycles. The molecule has 0 bridgehead atoms. The molecule has 82 valence electrons. The zero-order valence-electron chi connectivity index (χ0n) is 9.47. The van der Waals surface area contributed by atoms with Crippen molar-refractivity contribution in [1.82, 2.24) is 9.78 Å². The Bertz CT molecular complexity index is 497. The zero-order chi connectivity index (χ0) is 11.5. The fourth-order valence-corrected chi connectivity index (χ4v) is 1.62. The van der Waals surface area contributed by atoms with Gasteiger partial charge in [0.25, 0.3) is 0 Å². The Kier molecular flexibility index (Phi) is 2.86. The number of carbonyl (C=O) groups excluding carboxylic acids is 1. The molecule has 1 aromatic carbocycles. The van der Waals surface area contributed by atoms with Gasteiger partial charge in [0.15, 0.2) is 0 Å². The monoisotopic (exact) mass is 214 g/mol. The first-order valence-corrected chi connectivity index (χ1v) is 5.26. The number of carbonyl (C=O) groups is 1. The minimum Gasteiger partial charge on any atom is -0.303 e. The van der Waals surface area contributed by atoms with Crippen LogP contribution in [0.3, 0.4) is 0 Å². The normalized spacial score (nSPS) is 10.4. The van der Waals surface area contributed by atoms with Crippen LogP contribution in [-0.4, -0.2) is 16.1 Å². The average molecular weight is 214 g/mol. The second-order valence-electron chi connectivity index (χ2n) is 3.89. The third-order valence-corrected chi connectivity index (χ3v) is 2.60. The molecule has 2 aromatic rings. The van der Waals surface area contributed by atoms with Gasteiger partial charge >= 0.3 is 0 Å². The molecular weight excluding hydrogens is 200 g/mol. The van der Waals surface area contributed by atoms with E-state index in [1.54, 1.807) is 0 Å². The summed E-state index contributed by atoms with van der Waals surface area (Å²) >= 11 is 0. The molecule has 2 rings (SSSR count). The molecule has 0 N–H and O–H groups in total. The minimum absolute atomic E-state index is 0.428. The van der Waals surface area contributed by atoms with Gasteiger partial charge in [-0.05, 0) is 26.0 Å². The molecule has 1 aromatic heterocycles. The van der Waals surface area contributed by atoms with Gasteiger partial charge in [0, 0.05) is 18.2 Å². The molecule has 0 fully saturated rings. The number of nitrogens with zero attached hydrogens (tertiary/aromatic N) is 2. The maximum Gasteiger partial charge on any atom is 0.124 e. The van der Waals surface area contributed by atoms with Crippen LogP contribution >= 0.6 is 0 Å². The highest BCUT2D eigenvalue weighted by Crippen LogP contribution is 2.12. The molecule has 16 heavy (non-hydrogen) atoms. The fourth-order valence-electron chi connectivity index (χ4n) is 1.62. The van der Waals surface area contributed by atoms with Crippen LogP contribution in [0.1, 0.15) is 16.8 Å². The molecule has 0 saturated heterocycles. The van der Waals surface area contributed by atoms with Gasteiger partial charge in [0.1, 0.15) is 6.29 Å². The van der Waals surface area contributed by atoms with Gasteiger partial charge in [-0.2, -0.15) is 5.10 Å². The van der Waals surface area contributed by atoms with E-state index in [-0.39, 0.29) is 0 Å². The Morgan fingerprint density at radius 2 is 1.94 bits per heavy atom. The molecule has 0 spiro atoms. The van der Waals surface area contributed by atoms with Crippen LogP contribution < -0.4 is 0 Å². The lowest BCUT2D eigenvalue weighted by molar-refractivity contribution is -0.107. The van der Waals surface area contributed by atoms with Crippen molar-refractivity contribution in [2.45, 2.75) is 20.3 Å². The quantitative estimate of drug-likeness (QED) is 0.734. The number of hydrogen-bond acceptors (Lipinski definition) is 2. The van der Waals surface area contributed by atoms with Gasteiger partial charge in [-0.25, -0.2) is 4.68 Å². The number of aryl methyl sites for hydroxylation is 2. The minimum atomic E-state index is 0.428. The van der Waals surface area contributed by atoms with Crippen LogP contribution in [0.5, 0.6) is 0 Å². The van der Waals surface area contributed by atoms with E-state index in [1.165, 1.54) is 5.56 Å². The summed E-state index contributed by atoms with van der Waals surface area (Å²) in [5, 5.41) is 4.39. The van der Waals surface area contributed by atoms with Crippen molar-refractivity contribution in [3.8, 4) is 5.69 Å². The second-order valence-corrected chi connectivity index (χ2v) is 3.89. The Hall–Kier alpha value is -1.90. The summed E-state index contributed by atoms with van der Waals surface area (Å²) in [6.07, 6.45) is 3.25. The summed E-state index contributed by atoms with van der Waals surface area (Å²) in [6.45, 7) is 3.97. The summed E-state index contributed by atoms with van der Waals surface area (Å²) in [4.78, 5) is 10.5. The number of aromatic nitrogens is 2. The highest BCUT2D eigenvalue weighted by Gasteiger charge is 2.05. The average Bonchev–Trinajstić information content (AvgIpc) is 2.62. The summed E-state index contributed by atoms with van der Waals surface area (Å²) in [7, 11) is 0. The largest absolute Gasteiger partial charge is 0.303 e. The number of benzene rings is 1. The van der Waals surface area contributed by atoms with Crippen LogP contribution in [0.25, 0.3) is 5.69 Å². The summed E-state index contributed by atoms with van der Waals surface area (Å²) in [5.74, 6) is 0. The molecule has 0 saturated carbocycles. The Labute approximate surface area is 94.7 Å². The van der Waals surface area contributed by atoms with Gasteiger partial charge < -0.3 is 4.79 Å². The number of rotatable bonds is 3. The van der Waals surface area contributed by atoms with Crippen molar-refractivity contribution in [2.24, 2.45) is 0 Å². The van der Waals surface area contributed by atoms with Crippen molar-refractivity contribution in [3.63, 3.8) is 0 Å². The van der Waals surface area contributed by atoms with Crippen LogP contribution in [0.4, 0.5) is 0 Å². The fraction of sp³-hybridized carbons (Fsp3) is 0.231. The predicted octanol–water partition coefficient (Wildman–Crippen LogP) is 2.23. The van der Waals surface area contributed by atoms with E-state index in [4.69, 9.17) is 0 Å². The first kappa shape index (κ1) is 10.6. The van der Waals surface area contributed by atoms with Crippen molar-refractivity contribution >= 4 is 6.29 Å². The van der Waals surface area contributed by atoms with E-state index < -0.39 is 0 Å². The lowest BCUT2D eigenvalue weighted by Gasteiger charge is -2.00. The van der Waals surface area contributed by atoms with Crippen LogP contribution in [-0.2, 0) is 11.2 Å². The molecule has 3 nitrogen and oxygen atoms in total. The van der Waals surface area contributed by atoms with Crippen LogP contribution in [0.2, 0.25) is 0 Å². The summed E-state index contributed by atoms with van der Waals surface area (Å²) in [5.41, 5.74) is 4.13. The SMILES string of the molecule is Cc1ccc(-n2cc(CC=O)c(C)n2)cc1. The molecule has 0 aliphatic carbocycles. The van der Waals surface area contributed by atoms with Crippen molar-refractivity contribution in [3.05, 3.63) is 47.3 Å². The van der Waals surface area contributed by atoms with E-state index in [0.717, 1.165) is 23.2 Å². The lowest BCUT2D eigenvalue weighted by atomic mass is 10.2. The Morgan fingerprint density at radius 1 is 1.25 bits per heavy atom. The zero-order valence-corrected chi connectivity index (χ0v) is 9.47. The van der Waals surface area contributed by atoms with E-state index in [9.17, 15) is 4.79 Å². The van der Waals surface area contributed by atoms with Gasteiger partial charge in [0.2, 0.25) is 0 Å². The highest BCUT2D eigenvalue weighted by atomic mass is 16.1. The first-order valence-electron chi connectivity index (χ1n) is 5.26. The Morgan fingerprint density at radius 3 is 2.56 bits per heavy atom. The summed E-state index contributed by atoms with van der Waals surface area (Å²) in [6, 6.07) is 8.14. The van der Waals surface area contributed by atoms with E-state index in [2.05, 4.69) is 12.0 Å². The molecule has 0 amide bonds. The van der Waals surface area contributed by atoms with Crippen molar-refractivity contribution in [1.29, 1.82) is 0 Å². The van der Waals surface area contributed by atoms with Crippen molar-refractivity contribution in [2.75, 3.05) is 0 Å². The maximum absolute atomic E-state index is 10.5. The van der Waals surface area contributed by atoms with E-state index in [0.29, 0.717) is 6.42 Å². The van der Waals surface area contributed by atoms with Gasteiger partial charge in [-0.15, -0.1) is 0 Å². The Balaban J connectivity index is 2.37. The van der Waals surface area contributed by atoms with Crippen LogP contribution in [0.15, 0.2) is 30.5 Å². The lowest BCUT2D eigenvalue weighted by Crippen LogP contribution is -1.94. The third-order valence-electron chi connectivity index (χ3n) is 2.60. The topological polar surface area (TPSA) is 34.9 Å². The molecule has 3 heteroatoms. The molecule has 0 unspecified atom stereocenters. The predicted molar refractivity (Wildman–Crippen MR) is 62.8 cm³/mol. The van der Waals surface area contributed by atoms with E-state index in [1.807, 2.05) is 42.1 Å². The van der Waals surface area contributed by atoms with Gasteiger partial charge in [-0.1, -0.05) is 17.7 Å². The maximum atomic E-state index is 10.5. The highest BCUT2D eigenvalue weighted by molar-refractivity contribution is 5.55. The molecule has 0 atom stereocenters. The van der Waals surface area contributed by atoms with Gasteiger partial charge in [-0.3, -0.25) is 0 Å². The smallest absolute Gasteiger partial charge is 0.124 e. The molecule has 0 aliphatic heterocycles. The second kappa shape index (κ2) is 4.31. The molecular formula is C13H14N2O. The number of hydrogen-bond donors (Lipinski definition) is 0. The first-order chi connectivity index (χ1) is 7.70. The number of aldehydes is 1. The molecule has 0 radical (unpaired) electrons. The standard InChI is InChI=1S/C13H14N2O/c1-10-3-5-13(6-4-10)15-9-12(7-8-16)11(2)14-15/h3-6,8-9H,7H2,1-2H3. The van der Waals surface area contributed by atoms with E-state index >= 15 is 0 Å². The molecule has 0 aliphatic rings. The third kappa shape index (κ3) is 2.03. The van der Waals surface area contributed by atoms with Gasteiger partial charge in [0.05, 0.1) is 11.4 Å². The summed E-state index contributed by atoms with van der Waals surface area (Å²) < 4.78 is 1.81.